The van der Waals surface area contributed by atoms with Crippen molar-refractivity contribution in [2.75, 3.05) is 13.2 Å². The number of sulfonamides is 1. The molecule has 0 amide bonds. The Morgan fingerprint density at radius 2 is 1.69 bits per heavy atom. The fourth-order valence-electron chi connectivity index (χ4n) is 3.70. The SMILES string of the molecule is O=S(=O)(NC1CCOCC1)c1cc2c(cc1Cl)CCc1ccc(F)cc1S2(=O)=O. The third kappa shape index (κ3) is 3.94. The summed E-state index contributed by atoms with van der Waals surface area (Å²) in [6, 6.07) is 5.80. The zero-order valence-electron chi connectivity index (χ0n) is 15.3. The van der Waals surface area contributed by atoms with Gasteiger partial charge in [-0.05, 0) is 61.1 Å². The van der Waals surface area contributed by atoms with E-state index in [-0.39, 0.29) is 25.8 Å². The van der Waals surface area contributed by atoms with Gasteiger partial charge in [0.15, 0.2) is 0 Å². The number of rotatable bonds is 3. The van der Waals surface area contributed by atoms with E-state index in [1.54, 1.807) is 0 Å². The van der Waals surface area contributed by atoms with Crippen LogP contribution in [0.2, 0.25) is 5.02 Å². The minimum atomic E-state index is -4.10. The number of hydrogen-bond acceptors (Lipinski definition) is 5. The Morgan fingerprint density at radius 3 is 2.41 bits per heavy atom. The molecule has 2 aliphatic heterocycles. The number of hydrogen-bond donors (Lipinski definition) is 1. The summed E-state index contributed by atoms with van der Waals surface area (Å²) in [4.78, 5) is -0.592. The van der Waals surface area contributed by atoms with Gasteiger partial charge in [-0.15, -0.1) is 0 Å². The molecule has 0 bridgehead atoms. The first-order valence-corrected chi connectivity index (χ1v) is 12.5. The van der Waals surface area contributed by atoms with Crippen molar-refractivity contribution < 1.29 is 26.0 Å². The van der Waals surface area contributed by atoms with Gasteiger partial charge < -0.3 is 4.74 Å². The van der Waals surface area contributed by atoms with Gasteiger partial charge in [-0.3, -0.25) is 0 Å². The molecule has 1 saturated heterocycles. The monoisotopic (exact) mass is 459 g/mol. The summed E-state index contributed by atoms with van der Waals surface area (Å²) in [5, 5.41) is -0.0457. The Hall–Kier alpha value is -1.52. The fourth-order valence-corrected chi connectivity index (χ4v) is 7.45. The maximum absolute atomic E-state index is 13.7. The predicted octanol–water partition coefficient (Wildman–Crippen LogP) is 2.87. The normalized spacial score (nSPS) is 19.2. The zero-order valence-corrected chi connectivity index (χ0v) is 17.7. The maximum atomic E-state index is 13.7. The lowest BCUT2D eigenvalue weighted by Gasteiger charge is -2.23. The van der Waals surface area contributed by atoms with Crippen LogP contribution in [0.1, 0.15) is 24.0 Å². The second-order valence-electron chi connectivity index (χ2n) is 7.15. The molecule has 2 heterocycles. The van der Waals surface area contributed by atoms with E-state index in [1.807, 2.05) is 0 Å². The molecule has 6 nitrogen and oxygen atoms in total. The summed E-state index contributed by atoms with van der Waals surface area (Å²) < 4.78 is 73.8. The fraction of sp³-hybridized carbons (Fsp3) is 0.368. The van der Waals surface area contributed by atoms with Gasteiger partial charge >= 0.3 is 0 Å². The molecule has 0 saturated carbocycles. The third-order valence-corrected chi connectivity index (χ3v) is 9.12. The van der Waals surface area contributed by atoms with Crippen LogP contribution in [0, 0.1) is 5.82 Å². The lowest BCUT2D eigenvalue weighted by molar-refractivity contribution is 0.0832. The molecule has 29 heavy (non-hydrogen) atoms. The molecule has 4 rings (SSSR count). The summed E-state index contributed by atoms with van der Waals surface area (Å²) in [6.45, 7) is 0.893. The van der Waals surface area contributed by atoms with Crippen molar-refractivity contribution in [3.05, 3.63) is 52.3 Å². The van der Waals surface area contributed by atoms with E-state index in [1.165, 1.54) is 18.2 Å². The summed E-state index contributed by atoms with van der Waals surface area (Å²) in [5.74, 6) is -0.668. The Bertz CT molecular complexity index is 1180. The Labute approximate surface area is 174 Å². The summed E-state index contributed by atoms with van der Waals surface area (Å²) in [7, 11) is -8.15. The quantitative estimate of drug-likeness (QED) is 0.762. The number of ether oxygens (including phenoxy) is 1. The van der Waals surface area contributed by atoms with E-state index in [0.29, 0.717) is 50.0 Å². The lowest BCUT2D eigenvalue weighted by Crippen LogP contribution is -2.39. The van der Waals surface area contributed by atoms with Crippen LogP contribution in [-0.4, -0.2) is 36.1 Å². The number of halogens is 2. The largest absolute Gasteiger partial charge is 0.381 e. The van der Waals surface area contributed by atoms with Gasteiger partial charge in [0.25, 0.3) is 0 Å². The lowest BCUT2D eigenvalue weighted by atomic mass is 10.0. The predicted molar refractivity (Wildman–Crippen MR) is 105 cm³/mol. The second kappa shape index (κ2) is 7.63. The van der Waals surface area contributed by atoms with Gasteiger partial charge in [-0.25, -0.2) is 25.9 Å². The molecule has 2 aromatic carbocycles. The van der Waals surface area contributed by atoms with Crippen molar-refractivity contribution in [1.82, 2.24) is 4.72 Å². The van der Waals surface area contributed by atoms with Crippen LogP contribution < -0.4 is 4.72 Å². The van der Waals surface area contributed by atoms with Crippen molar-refractivity contribution in [2.45, 2.75) is 46.4 Å². The average Bonchev–Trinajstić information content (AvgIpc) is 2.76. The van der Waals surface area contributed by atoms with E-state index >= 15 is 0 Å². The van der Waals surface area contributed by atoms with Gasteiger partial charge in [0.1, 0.15) is 10.7 Å². The van der Waals surface area contributed by atoms with Gasteiger partial charge in [-0.1, -0.05) is 17.7 Å². The molecule has 156 valence electrons. The molecule has 0 radical (unpaired) electrons. The standard InChI is InChI=1S/C19H19ClFNO5S2/c20-16-9-13-2-1-12-3-4-14(21)10-17(12)28(23,24)18(13)11-19(16)29(25,26)22-15-5-7-27-8-6-15/h3-4,9-11,15,22H,1-2,5-8H2. The third-order valence-electron chi connectivity index (χ3n) is 5.22. The van der Waals surface area contributed by atoms with Crippen LogP contribution in [0.5, 0.6) is 0 Å². The van der Waals surface area contributed by atoms with Crippen LogP contribution in [0.3, 0.4) is 0 Å². The van der Waals surface area contributed by atoms with Crippen molar-refractivity contribution >= 4 is 31.5 Å². The molecule has 0 atom stereocenters. The molecule has 0 unspecified atom stereocenters. The van der Waals surface area contributed by atoms with Crippen LogP contribution in [-0.2, 0) is 37.4 Å². The first-order valence-electron chi connectivity index (χ1n) is 9.14. The smallest absolute Gasteiger partial charge is 0.242 e. The van der Waals surface area contributed by atoms with Crippen LogP contribution in [0.15, 0.2) is 45.0 Å². The minimum Gasteiger partial charge on any atom is -0.381 e. The second-order valence-corrected chi connectivity index (χ2v) is 11.1. The van der Waals surface area contributed by atoms with Gasteiger partial charge in [0.05, 0.1) is 14.8 Å². The van der Waals surface area contributed by atoms with Gasteiger partial charge in [0.2, 0.25) is 19.9 Å². The van der Waals surface area contributed by atoms with Crippen molar-refractivity contribution in [2.24, 2.45) is 0 Å². The van der Waals surface area contributed by atoms with Gasteiger partial charge in [-0.2, -0.15) is 0 Å². The highest BCUT2D eigenvalue weighted by Gasteiger charge is 2.32. The van der Waals surface area contributed by atoms with Crippen LogP contribution in [0.25, 0.3) is 0 Å². The number of fused-ring (bicyclic) bond motifs is 2. The molecular formula is C19H19ClFNO5S2. The summed E-state index contributed by atoms with van der Waals surface area (Å²) in [6.07, 6.45) is 1.77. The Kier molecular flexibility index (Phi) is 5.45. The zero-order chi connectivity index (χ0) is 20.8. The van der Waals surface area contributed by atoms with Gasteiger partial charge in [0, 0.05) is 19.3 Å². The number of benzene rings is 2. The van der Waals surface area contributed by atoms with E-state index in [2.05, 4.69) is 4.72 Å². The molecule has 2 aromatic rings. The van der Waals surface area contributed by atoms with Crippen LogP contribution in [0.4, 0.5) is 4.39 Å². The molecule has 10 heteroatoms. The molecule has 0 spiro atoms. The molecule has 1 N–H and O–H groups in total. The Morgan fingerprint density at radius 1 is 1.03 bits per heavy atom. The van der Waals surface area contributed by atoms with Crippen molar-refractivity contribution in [1.29, 1.82) is 0 Å². The first-order chi connectivity index (χ1) is 13.7. The highest BCUT2D eigenvalue weighted by atomic mass is 35.5. The topological polar surface area (TPSA) is 89.5 Å². The summed E-state index contributed by atoms with van der Waals surface area (Å²) in [5.41, 5.74) is 0.903. The molecule has 0 aromatic heterocycles. The highest BCUT2D eigenvalue weighted by Crippen LogP contribution is 2.36. The number of aryl methyl sites for hydroxylation is 2. The minimum absolute atomic E-state index is 0.0457. The van der Waals surface area contributed by atoms with Crippen molar-refractivity contribution in [3.63, 3.8) is 0 Å². The van der Waals surface area contributed by atoms with Crippen LogP contribution >= 0.6 is 11.6 Å². The molecule has 0 aliphatic carbocycles. The summed E-state index contributed by atoms with van der Waals surface area (Å²) >= 11 is 6.25. The van der Waals surface area contributed by atoms with Crippen molar-refractivity contribution in [3.8, 4) is 0 Å². The van der Waals surface area contributed by atoms with E-state index in [4.69, 9.17) is 16.3 Å². The molecule has 1 fully saturated rings. The Balaban J connectivity index is 1.81. The number of sulfone groups is 1. The molecular weight excluding hydrogens is 441 g/mol. The van der Waals surface area contributed by atoms with E-state index in [0.717, 1.165) is 12.1 Å². The highest BCUT2D eigenvalue weighted by molar-refractivity contribution is 7.92. The molecule has 2 aliphatic rings. The first kappa shape index (κ1) is 20.7. The maximum Gasteiger partial charge on any atom is 0.242 e. The van der Waals surface area contributed by atoms with E-state index < -0.39 is 25.7 Å². The average molecular weight is 460 g/mol. The number of nitrogens with one attached hydrogen (secondary N) is 1. The van der Waals surface area contributed by atoms with E-state index in [9.17, 15) is 21.2 Å².